The van der Waals surface area contributed by atoms with Crippen LogP contribution >= 0.6 is 0 Å². The van der Waals surface area contributed by atoms with Crippen molar-refractivity contribution in [3.05, 3.63) is 60.7 Å². The van der Waals surface area contributed by atoms with Crippen LogP contribution in [0.2, 0.25) is 0 Å². The third kappa shape index (κ3) is 3.42. The normalized spacial score (nSPS) is 11.0. The first-order valence-corrected chi connectivity index (χ1v) is 8.65. The molecule has 0 spiro atoms. The predicted molar refractivity (Wildman–Crippen MR) is 105 cm³/mol. The molecule has 0 saturated heterocycles. The molecule has 136 valence electrons. The van der Waals surface area contributed by atoms with E-state index in [9.17, 15) is 0 Å². The zero-order valence-corrected chi connectivity index (χ0v) is 14.9. The van der Waals surface area contributed by atoms with Crippen LogP contribution in [-0.4, -0.2) is 24.7 Å². The van der Waals surface area contributed by atoms with Crippen LogP contribution in [0.25, 0.3) is 22.2 Å². The summed E-state index contributed by atoms with van der Waals surface area (Å²) in [5.41, 5.74) is 9.54. The summed E-state index contributed by atoms with van der Waals surface area (Å²) in [6.45, 7) is 3.26. The number of rotatable bonds is 5. The van der Waals surface area contributed by atoms with Crippen LogP contribution in [0.3, 0.4) is 0 Å². The summed E-state index contributed by atoms with van der Waals surface area (Å²) in [4.78, 5) is 13.2. The standard InChI is InChI=1S/C19H20N8/c1-2-26-12-15(9-24-26)17-10-23-18(20)19(25-17)27(21)11-13-5-6-16-14(8-13)4-3-7-22-16/h3-10,12H,2,11,21H2,1H3,(H2,20,23). The molecule has 3 heterocycles. The van der Waals surface area contributed by atoms with Gasteiger partial charge in [-0.2, -0.15) is 5.10 Å². The highest BCUT2D eigenvalue weighted by Crippen LogP contribution is 2.24. The van der Waals surface area contributed by atoms with E-state index in [0.29, 0.717) is 18.1 Å². The highest BCUT2D eigenvalue weighted by Gasteiger charge is 2.13. The molecular weight excluding hydrogens is 340 g/mol. The van der Waals surface area contributed by atoms with E-state index in [0.717, 1.165) is 28.6 Å². The molecule has 27 heavy (non-hydrogen) atoms. The quantitative estimate of drug-likeness (QED) is 0.415. The molecule has 0 unspecified atom stereocenters. The average molecular weight is 360 g/mol. The summed E-state index contributed by atoms with van der Waals surface area (Å²) < 4.78 is 1.83. The lowest BCUT2D eigenvalue weighted by Crippen LogP contribution is -2.32. The number of nitrogens with zero attached hydrogens (tertiary/aromatic N) is 6. The summed E-state index contributed by atoms with van der Waals surface area (Å²) in [6.07, 6.45) is 7.08. The molecule has 8 heteroatoms. The molecule has 0 saturated carbocycles. The van der Waals surface area contributed by atoms with Gasteiger partial charge in [-0.3, -0.25) is 14.7 Å². The van der Waals surface area contributed by atoms with Crippen LogP contribution in [0, 0.1) is 0 Å². The number of aromatic nitrogens is 5. The lowest BCUT2D eigenvalue weighted by molar-refractivity contribution is 0.660. The van der Waals surface area contributed by atoms with Crippen LogP contribution in [0.15, 0.2) is 55.1 Å². The monoisotopic (exact) mass is 360 g/mol. The Bertz CT molecular complexity index is 1090. The summed E-state index contributed by atoms with van der Waals surface area (Å²) in [5.74, 6) is 6.98. The van der Waals surface area contributed by atoms with Gasteiger partial charge in [0.1, 0.15) is 0 Å². The van der Waals surface area contributed by atoms with Crippen molar-refractivity contribution in [2.45, 2.75) is 20.0 Å². The van der Waals surface area contributed by atoms with Crippen LogP contribution in [0.1, 0.15) is 12.5 Å². The van der Waals surface area contributed by atoms with E-state index in [2.05, 4.69) is 26.1 Å². The van der Waals surface area contributed by atoms with Crippen LogP contribution in [-0.2, 0) is 13.1 Å². The maximum Gasteiger partial charge on any atom is 0.186 e. The van der Waals surface area contributed by atoms with Gasteiger partial charge in [0.25, 0.3) is 0 Å². The third-order valence-electron chi connectivity index (χ3n) is 4.33. The molecule has 0 bridgehead atoms. The fourth-order valence-electron chi connectivity index (χ4n) is 2.90. The van der Waals surface area contributed by atoms with E-state index in [1.54, 1.807) is 18.6 Å². The van der Waals surface area contributed by atoms with Crippen molar-refractivity contribution < 1.29 is 0 Å². The number of hydrogen-bond donors (Lipinski definition) is 2. The fraction of sp³-hybridized carbons (Fsp3) is 0.158. The zero-order valence-electron chi connectivity index (χ0n) is 14.9. The van der Waals surface area contributed by atoms with Crippen molar-refractivity contribution >= 4 is 22.5 Å². The lowest BCUT2D eigenvalue weighted by Gasteiger charge is -2.19. The molecular formula is C19H20N8. The number of hydrazine groups is 1. The van der Waals surface area contributed by atoms with Crippen molar-refractivity contribution in [3.8, 4) is 11.3 Å². The van der Waals surface area contributed by atoms with E-state index >= 15 is 0 Å². The topological polar surface area (TPSA) is 112 Å². The largest absolute Gasteiger partial charge is 0.381 e. The van der Waals surface area contributed by atoms with E-state index in [-0.39, 0.29) is 5.82 Å². The van der Waals surface area contributed by atoms with Crippen LogP contribution in [0.5, 0.6) is 0 Å². The second-order valence-corrected chi connectivity index (χ2v) is 6.21. The van der Waals surface area contributed by atoms with Crippen molar-refractivity contribution in [1.29, 1.82) is 0 Å². The Morgan fingerprint density at radius 2 is 2.04 bits per heavy atom. The van der Waals surface area contributed by atoms with Gasteiger partial charge in [-0.1, -0.05) is 12.1 Å². The SMILES string of the molecule is CCn1cc(-c2cnc(N)c(N(N)Cc3ccc4ncccc4c3)n2)cn1. The summed E-state index contributed by atoms with van der Waals surface area (Å²) >= 11 is 0. The first kappa shape index (κ1) is 16.9. The van der Waals surface area contributed by atoms with Gasteiger partial charge in [0.2, 0.25) is 0 Å². The van der Waals surface area contributed by atoms with Gasteiger partial charge in [-0.05, 0) is 30.7 Å². The number of nitrogen functional groups attached to an aromatic ring is 1. The van der Waals surface area contributed by atoms with Gasteiger partial charge in [-0.15, -0.1) is 0 Å². The number of aryl methyl sites for hydroxylation is 1. The minimum absolute atomic E-state index is 0.284. The van der Waals surface area contributed by atoms with Gasteiger partial charge in [0, 0.05) is 29.9 Å². The van der Waals surface area contributed by atoms with E-state index in [1.807, 2.05) is 42.1 Å². The van der Waals surface area contributed by atoms with Crippen LogP contribution < -0.4 is 16.6 Å². The fourth-order valence-corrected chi connectivity index (χ4v) is 2.90. The summed E-state index contributed by atoms with van der Waals surface area (Å²) in [6, 6.07) is 9.96. The van der Waals surface area contributed by atoms with Crippen molar-refractivity contribution in [2.24, 2.45) is 5.84 Å². The zero-order chi connectivity index (χ0) is 18.8. The molecule has 0 fully saturated rings. The van der Waals surface area contributed by atoms with E-state index in [1.165, 1.54) is 5.01 Å². The minimum Gasteiger partial charge on any atom is -0.381 e. The maximum absolute atomic E-state index is 6.26. The second-order valence-electron chi connectivity index (χ2n) is 6.21. The Kier molecular flexibility index (Phi) is 4.39. The van der Waals surface area contributed by atoms with Crippen molar-refractivity contribution in [1.82, 2.24) is 24.7 Å². The average Bonchev–Trinajstić information content (AvgIpc) is 3.17. The lowest BCUT2D eigenvalue weighted by atomic mass is 10.1. The molecule has 4 N–H and O–H groups in total. The van der Waals surface area contributed by atoms with E-state index in [4.69, 9.17) is 11.6 Å². The molecule has 1 aromatic carbocycles. The van der Waals surface area contributed by atoms with Crippen LogP contribution in [0.4, 0.5) is 11.6 Å². The number of hydrogen-bond acceptors (Lipinski definition) is 7. The first-order chi connectivity index (χ1) is 13.1. The molecule has 8 nitrogen and oxygen atoms in total. The number of benzene rings is 1. The number of anilines is 2. The number of fused-ring (bicyclic) bond motifs is 1. The molecule has 4 rings (SSSR count). The summed E-state index contributed by atoms with van der Waals surface area (Å²) in [7, 11) is 0. The predicted octanol–water partition coefficient (Wildman–Crippen LogP) is 2.37. The molecule has 4 aromatic rings. The van der Waals surface area contributed by atoms with Gasteiger partial charge in [-0.25, -0.2) is 15.8 Å². The van der Waals surface area contributed by atoms with Gasteiger partial charge < -0.3 is 5.73 Å². The van der Waals surface area contributed by atoms with Crippen molar-refractivity contribution in [2.75, 3.05) is 10.7 Å². The Morgan fingerprint density at radius 1 is 1.15 bits per heavy atom. The smallest absolute Gasteiger partial charge is 0.186 e. The molecule has 0 atom stereocenters. The Balaban J connectivity index is 1.62. The first-order valence-electron chi connectivity index (χ1n) is 8.65. The maximum atomic E-state index is 6.26. The molecule has 0 aliphatic heterocycles. The Labute approximate surface area is 156 Å². The highest BCUT2D eigenvalue weighted by molar-refractivity contribution is 5.79. The molecule has 0 radical (unpaired) electrons. The van der Waals surface area contributed by atoms with Gasteiger partial charge in [0.05, 0.1) is 30.1 Å². The molecule has 0 amide bonds. The number of pyridine rings is 1. The Hall–Kier alpha value is -3.52. The second kappa shape index (κ2) is 7.00. The Morgan fingerprint density at radius 3 is 2.85 bits per heavy atom. The molecule has 0 aliphatic rings. The van der Waals surface area contributed by atoms with E-state index < -0.39 is 0 Å². The highest BCUT2D eigenvalue weighted by atomic mass is 15.4. The van der Waals surface area contributed by atoms with Crippen molar-refractivity contribution in [3.63, 3.8) is 0 Å². The minimum atomic E-state index is 0.284. The molecule has 0 aliphatic carbocycles. The third-order valence-corrected chi connectivity index (χ3v) is 4.33. The number of nitrogens with two attached hydrogens (primary N) is 2. The van der Waals surface area contributed by atoms with Gasteiger partial charge in [0.15, 0.2) is 11.6 Å². The summed E-state index contributed by atoms with van der Waals surface area (Å²) in [5, 5.41) is 6.84. The molecule has 3 aromatic heterocycles. The van der Waals surface area contributed by atoms with Gasteiger partial charge >= 0.3 is 0 Å².